The lowest BCUT2D eigenvalue weighted by Gasteiger charge is -2.13. The van der Waals surface area contributed by atoms with Crippen LogP contribution in [0.25, 0.3) is 0 Å². The Kier molecular flexibility index (Phi) is 6.68. The summed E-state index contributed by atoms with van der Waals surface area (Å²) in [6.07, 6.45) is -4.63. The molecule has 0 unspecified atom stereocenters. The van der Waals surface area contributed by atoms with E-state index in [-0.39, 0.29) is 28.1 Å². The number of fused-ring (bicyclic) bond motifs is 1. The minimum absolute atomic E-state index is 0.0329. The number of sulfonamides is 1. The number of carbonyl (C=O) groups is 1. The largest absolute Gasteiger partial charge is 0.482 e. The first-order valence-corrected chi connectivity index (χ1v) is 11.7. The molecule has 4 rings (SSSR count). The summed E-state index contributed by atoms with van der Waals surface area (Å²) in [7, 11) is -4.25. The molecule has 0 spiro atoms. The number of amides is 1. The van der Waals surface area contributed by atoms with E-state index in [1.807, 2.05) is 0 Å². The van der Waals surface area contributed by atoms with Crippen LogP contribution in [0.1, 0.15) is 5.56 Å². The molecule has 0 radical (unpaired) electrons. The molecule has 1 aliphatic heterocycles. The van der Waals surface area contributed by atoms with Crippen molar-refractivity contribution < 1.29 is 40.6 Å². The molecule has 184 valence electrons. The van der Waals surface area contributed by atoms with E-state index in [9.17, 15) is 26.4 Å². The van der Waals surface area contributed by atoms with E-state index >= 15 is 0 Å². The monoisotopic (exact) mass is 528 g/mol. The van der Waals surface area contributed by atoms with Crippen molar-refractivity contribution in [2.24, 2.45) is 0 Å². The summed E-state index contributed by atoms with van der Waals surface area (Å²) in [6.45, 7) is -0.335. The Morgan fingerprint density at radius 1 is 1.00 bits per heavy atom. The number of ether oxygens (including phenoxy) is 3. The second kappa shape index (κ2) is 9.55. The smallest absolute Gasteiger partial charge is 0.416 e. The summed E-state index contributed by atoms with van der Waals surface area (Å²) in [4.78, 5) is 11.9. The number of halogens is 4. The van der Waals surface area contributed by atoms with Gasteiger partial charge in [-0.1, -0.05) is 17.7 Å². The van der Waals surface area contributed by atoms with Crippen molar-refractivity contribution in [3.05, 3.63) is 71.2 Å². The number of nitrogens with one attached hydrogen (secondary N) is 2. The van der Waals surface area contributed by atoms with Crippen LogP contribution in [0, 0.1) is 0 Å². The third-order valence-electron chi connectivity index (χ3n) is 4.67. The summed E-state index contributed by atoms with van der Waals surface area (Å²) in [6, 6.07) is 12.1. The lowest BCUT2D eigenvalue weighted by molar-refractivity contribution is -0.137. The fourth-order valence-electron chi connectivity index (χ4n) is 3.05. The van der Waals surface area contributed by atoms with Gasteiger partial charge in [0.25, 0.3) is 15.9 Å². The molecule has 0 saturated carbocycles. The Bertz CT molecular complexity index is 1380. The highest BCUT2D eigenvalue weighted by atomic mass is 35.5. The predicted molar refractivity (Wildman–Crippen MR) is 120 cm³/mol. The molecule has 0 fully saturated rings. The fourth-order valence-corrected chi connectivity index (χ4v) is 4.43. The molecule has 0 saturated heterocycles. The van der Waals surface area contributed by atoms with Crippen molar-refractivity contribution in [2.75, 3.05) is 23.4 Å². The number of hydrogen-bond acceptors (Lipinski definition) is 6. The van der Waals surface area contributed by atoms with Gasteiger partial charge in [-0.15, -0.1) is 0 Å². The van der Waals surface area contributed by atoms with E-state index < -0.39 is 34.3 Å². The highest BCUT2D eigenvalue weighted by Crippen LogP contribution is 2.35. The van der Waals surface area contributed by atoms with Crippen molar-refractivity contribution in [1.82, 2.24) is 0 Å². The van der Waals surface area contributed by atoms with Gasteiger partial charge in [0.1, 0.15) is 5.75 Å². The van der Waals surface area contributed by atoms with Gasteiger partial charge in [0.15, 0.2) is 18.1 Å². The van der Waals surface area contributed by atoms with Gasteiger partial charge in [-0.25, -0.2) is 8.42 Å². The number of carbonyl (C=O) groups excluding carboxylic acids is 1. The Morgan fingerprint density at radius 2 is 1.77 bits per heavy atom. The highest BCUT2D eigenvalue weighted by molar-refractivity contribution is 7.92. The molecular weight excluding hydrogens is 513 g/mol. The SMILES string of the molecule is O=C(COc1ccc(S(=O)(=O)Nc2cccc(C(F)(F)F)c2)cc1Cl)Nc1ccc2c(c1)OCO2. The van der Waals surface area contributed by atoms with Gasteiger partial charge >= 0.3 is 6.18 Å². The summed E-state index contributed by atoms with van der Waals surface area (Å²) in [5.74, 6) is 0.569. The maximum Gasteiger partial charge on any atom is 0.416 e. The fraction of sp³-hybridized carbons (Fsp3) is 0.136. The van der Waals surface area contributed by atoms with E-state index in [4.69, 9.17) is 25.8 Å². The van der Waals surface area contributed by atoms with Gasteiger partial charge in [-0.3, -0.25) is 9.52 Å². The van der Waals surface area contributed by atoms with Crippen LogP contribution < -0.4 is 24.2 Å². The lowest BCUT2D eigenvalue weighted by Crippen LogP contribution is -2.20. The molecular formula is C22H16ClF3N2O6S. The molecule has 3 aromatic rings. The molecule has 0 aromatic heterocycles. The number of alkyl halides is 3. The van der Waals surface area contributed by atoms with Crippen molar-refractivity contribution in [3.63, 3.8) is 0 Å². The van der Waals surface area contributed by atoms with E-state index in [2.05, 4.69) is 10.0 Å². The standard InChI is InChI=1S/C22H16ClF3N2O6S/c23-17-10-16(35(30,31)28-15-3-1-2-13(8-15)22(24,25)26)5-7-18(17)32-11-21(29)27-14-4-6-19-20(9-14)34-12-33-19/h1-10,28H,11-12H2,(H,27,29). The molecule has 1 heterocycles. The van der Waals surface area contributed by atoms with Gasteiger partial charge in [-0.2, -0.15) is 13.2 Å². The van der Waals surface area contributed by atoms with Crippen LogP contribution in [0.3, 0.4) is 0 Å². The lowest BCUT2D eigenvalue weighted by atomic mass is 10.2. The molecule has 3 aromatic carbocycles. The summed E-state index contributed by atoms with van der Waals surface area (Å²) in [5, 5.41) is 2.49. The Morgan fingerprint density at radius 3 is 2.51 bits per heavy atom. The molecule has 2 N–H and O–H groups in total. The third kappa shape index (κ3) is 5.89. The van der Waals surface area contributed by atoms with Gasteiger partial charge in [-0.05, 0) is 48.5 Å². The molecule has 0 bridgehead atoms. The predicted octanol–water partition coefficient (Wildman–Crippen LogP) is 4.91. The van der Waals surface area contributed by atoms with Crippen LogP contribution in [0.4, 0.5) is 24.5 Å². The van der Waals surface area contributed by atoms with Gasteiger partial charge in [0.05, 0.1) is 15.5 Å². The van der Waals surface area contributed by atoms with Crippen LogP contribution in [-0.2, 0) is 21.0 Å². The van der Waals surface area contributed by atoms with Gasteiger partial charge in [0.2, 0.25) is 6.79 Å². The second-order valence-corrected chi connectivity index (χ2v) is 9.27. The molecule has 0 atom stereocenters. The number of rotatable bonds is 7. The first-order valence-electron chi connectivity index (χ1n) is 9.83. The second-order valence-electron chi connectivity index (χ2n) is 7.18. The van der Waals surface area contributed by atoms with E-state index in [0.29, 0.717) is 23.3 Å². The van der Waals surface area contributed by atoms with Crippen LogP contribution in [0.15, 0.2) is 65.6 Å². The zero-order valence-electron chi connectivity index (χ0n) is 17.6. The van der Waals surface area contributed by atoms with Crippen LogP contribution >= 0.6 is 11.6 Å². The average molecular weight is 529 g/mol. The summed E-state index contributed by atoms with van der Waals surface area (Å²) >= 11 is 6.10. The van der Waals surface area contributed by atoms with Gasteiger partial charge < -0.3 is 19.5 Å². The molecule has 1 amide bonds. The Balaban J connectivity index is 1.39. The van der Waals surface area contributed by atoms with Crippen molar-refractivity contribution >= 4 is 38.9 Å². The zero-order valence-corrected chi connectivity index (χ0v) is 19.1. The first-order chi connectivity index (χ1) is 16.5. The molecule has 8 nitrogen and oxygen atoms in total. The summed E-state index contributed by atoms with van der Waals surface area (Å²) in [5.41, 5.74) is -0.814. The molecule has 1 aliphatic rings. The minimum Gasteiger partial charge on any atom is -0.482 e. The minimum atomic E-state index is -4.63. The third-order valence-corrected chi connectivity index (χ3v) is 6.35. The Labute approximate surface area is 202 Å². The average Bonchev–Trinajstić information content (AvgIpc) is 3.25. The number of benzene rings is 3. The quantitative estimate of drug-likeness (QED) is 0.452. The maximum atomic E-state index is 12.9. The van der Waals surface area contributed by atoms with Crippen LogP contribution in [-0.4, -0.2) is 27.7 Å². The highest BCUT2D eigenvalue weighted by Gasteiger charge is 2.30. The van der Waals surface area contributed by atoms with Crippen molar-refractivity contribution in [1.29, 1.82) is 0 Å². The van der Waals surface area contributed by atoms with Crippen LogP contribution in [0.2, 0.25) is 5.02 Å². The molecule has 35 heavy (non-hydrogen) atoms. The summed E-state index contributed by atoms with van der Waals surface area (Å²) < 4.78 is 81.7. The molecule has 13 heteroatoms. The van der Waals surface area contributed by atoms with Crippen LogP contribution in [0.5, 0.6) is 17.2 Å². The van der Waals surface area contributed by atoms with Crippen molar-refractivity contribution in [2.45, 2.75) is 11.1 Å². The molecule has 0 aliphatic carbocycles. The maximum absolute atomic E-state index is 12.9. The number of hydrogen-bond donors (Lipinski definition) is 2. The van der Waals surface area contributed by atoms with Crippen molar-refractivity contribution in [3.8, 4) is 17.2 Å². The van der Waals surface area contributed by atoms with E-state index in [1.54, 1.807) is 18.2 Å². The normalized spacial score (nSPS) is 12.8. The topological polar surface area (TPSA) is 103 Å². The number of anilines is 2. The van der Waals surface area contributed by atoms with E-state index in [0.717, 1.165) is 24.3 Å². The Hall–Kier alpha value is -3.64. The van der Waals surface area contributed by atoms with E-state index in [1.165, 1.54) is 12.1 Å². The zero-order chi connectivity index (χ0) is 25.2. The first kappa shape index (κ1) is 24.5. The van der Waals surface area contributed by atoms with Gasteiger partial charge in [0, 0.05) is 17.4 Å².